The fourth-order valence-electron chi connectivity index (χ4n) is 7.29. The SMILES string of the molecule is CCN(C[C@H]1Cc2c(cccc2N2CCN(C(=O)OCc3ccccc3)CC2)CN1C(=O)OC(C)(C)C)C1CCCc2cccnc21. The van der Waals surface area contributed by atoms with Crippen LogP contribution < -0.4 is 4.90 Å². The molecule has 6 rings (SSSR count). The normalized spacial score (nSPS) is 19.6. The van der Waals surface area contributed by atoms with Gasteiger partial charge in [0.1, 0.15) is 12.2 Å². The molecule has 9 heteroatoms. The molecule has 0 radical (unpaired) electrons. The van der Waals surface area contributed by atoms with Gasteiger partial charge in [-0.05, 0) is 87.4 Å². The van der Waals surface area contributed by atoms with Crippen LogP contribution in [0.2, 0.25) is 0 Å². The zero-order chi connectivity index (χ0) is 33.0. The number of carbonyl (C=O) groups excluding carboxylic acids is 2. The number of nitrogens with zero attached hydrogens (tertiary/aromatic N) is 5. The number of amides is 2. The smallest absolute Gasteiger partial charge is 0.410 e. The summed E-state index contributed by atoms with van der Waals surface area (Å²) in [6.07, 6.45) is 5.39. The summed E-state index contributed by atoms with van der Waals surface area (Å²) in [4.78, 5) is 40.1. The van der Waals surface area contributed by atoms with Crippen LogP contribution in [0.1, 0.15) is 74.5 Å². The number of aryl methyl sites for hydroxylation is 1. The molecule has 1 aliphatic carbocycles. The topological polar surface area (TPSA) is 78.5 Å². The van der Waals surface area contributed by atoms with Gasteiger partial charge in [-0.15, -0.1) is 0 Å². The summed E-state index contributed by atoms with van der Waals surface area (Å²) in [6.45, 7) is 13.0. The first-order valence-corrected chi connectivity index (χ1v) is 17.2. The van der Waals surface area contributed by atoms with Gasteiger partial charge in [0.25, 0.3) is 0 Å². The van der Waals surface area contributed by atoms with E-state index >= 15 is 0 Å². The van der Waals surface area contributed by atoms with Crippen LogP contribution in [-0.4, -0.2) is 82.8 Å². The van der Waals surface area contributed by atoms with E-state index in [9.17, 15) is 9.59 Å². The number of likely N-dealkylation sites (N-methyl/N-ethyl adjacent to an activating group) is 1. The summed E-state index contributed by atoms with van der Waals surface area (Å²) >= 11 is 0. The number of pyridine rings is 1. The summed E-state index contributed by atoms with van der Waals surface area (Å²) in [5.74, 6) is 0. The first-order valence-electron chi connectivity index (χ1n) is 17.2. The van der Waals surface area contributed by atoms with Crippen molar-refractivity contribution in [1.29, 1.82) is 0 Å². The predicted octanol–water partition coefficient (Wildman–Crippen LogP) is 6.60. The summed E-state index contributed by atoms with van der Waals surface area (Å²) < 4.78 is 11.6. The quantitative estimate of drug-likeness (QED) is 0.288. The molecule has 0 saturated carbocycles. The molecule has 9 nitrogen and oxygen atoms in total. The van der Waals surface area contributed by atoms with Crippen LogP contribution in [0.4, 0.5) is 15.3 Å². The Kier molecular flexibility index (Phi) is 10.0. The maximum Gasteiger partial charge on any atom is 0.410 e. The fourth-order valence-corrected chi connectivity index (χ4v) is 7.29. The molecule has 2 aliphatic heterocycles. The third kappa shape index (κ3) is 7.73. The van der Waals surface area contributed by atoms with Crippen molar-refractivity contribution in [2.75, 3.05) is 44.2 Å². The second-order valence-electron chi connectivity index (χ2n) is 13.9. The second-order valence-corrected chi connectivity index (χ2v) is 13.9. The van der Waals surface area contributed by atoms with E-state index in [0.717, 1.165) is 63.0 Å². The van der Waals surface area contributed by atoms with E-state index < -0.39 is 5.60 Å². The van der Waals surface area contributed by atoms with Crippen LogP contribution in [0.25, 0.3) is 0 Å². The molecule has 2 aromatic carbocycles. The fraction of sp³-hybridized carbons (Fsp3) is 0.500. The number of carbonyl (C=O) groups is 2. The minimum atomic E-state index is -0.581. The van der Waals surface area contributed by atoms with Crippen LogP contribution in [-0.2, 0) is 35.5 Å². The monoisotopic (exact) mass is 639 g/mol. The number of aromatic nitrogens is 1. The van der Waals surface area contributed by atoms with Gasteiger partial charge in [0, 0.05) is 51.2 Å². The van der Waals surface area contributed by atoms with E-state index in [1.54, 1.807) is 4.90 Å². The van der Waals surface area contributed by atoms with Gasteiger partial charge in [0.05, 0.1) is 17.8 Å². The van der Waals surface area contributed by atoms with Crippen molar-refractivity contribution in [1.82, 2.24) is 19.7 Å². The molecule has 3 aliphatic rings. The summed E-state index contributed by atoms with van der Waals surface area (Å²) in [5.41, 5.74) is 6.56. The Hall–Kier alpha value is -4.11. The Morgan fingerprint density at radius 3 is 2.45 bits per heavy atom. The van der Waals surface area contributed by atoms with Crippen molar-refractivity contribution < 1.29 is 19.1 Å². The third-order valence-electron chi connectivity index (χ3n) is 9.64. The number of benzene rings is 2. The molecule has 1 saturated heterocycles. The molecule has 2 atom stereocenters. The molecule has 0 N–H and O–H groups in total. The number of piperazine rings is 1. The van der Waals surface area contributed by atoms with Crippen LogP contribution >= 0.6 is 0 Å². The molecular weight excluding hydrogens is 590 g/mol. The summed E-state index contributed by atoms with van der Waals surface area (Å²) in [6, 6.07) is 20.6. The van der Waals surface area contributed by atoms with Crippen molar-refractivity contribution in [3.05, 3.63) is 94.8 Å². The Morgan fingerprint density at radius 1 is 0.936 bits per heavy atom. The van der Waals surface area contributed by atoms with E-state index in [-0.39, 0.29) is 30.9 Å². The number of fused-ring (bicyclic) bond motifs is 2. The van der Waals surface area contributed by atoms with Gasteiger partial charge < -0.3 is 19.3 Å². The van der Waals surface area contributed by atoms with Gasteiger partial charge >= 0.3 is 12.2 Å². The zero-order valence-corrected chi connectivity index (χ0v) is 28.4. The van der Waals surface area contributed by atoms with Crippen LogP contribution in [0.15, 0.2) is 66.9 Å². The third-order valence-corrected chi connectivity index (χ3v) is 9.64. The molecule has 1 aromatic heterocycles. The van der Waals surface area contributed by atoms with Gasteiger partial charge in [-0.2, -0.15) is 0 Å². The molecule has 2 amide bonds. The molecule has 0 bridgehead atoms. The van der Waals surface area contributed by atoms with Gasteiger partial charge in [0.15, 0.2) is 0 Å². The molecule has 250 valence electrons. The van der Waals surface area contributed by atoms with Crippen molar-refractivity contribution >= 4 is 17.9 Å². The van der Waals surface area contributed by atoms with Crippen molar-refractivity contribution in [3.63, 3.8) is 0 Å². The van der Waals surface area contributed by atoms with Crippen molar-refractivity contribution in [3.8, 4) is 0 Å². The maximum absolute atomic E-state index is 13.7. The highest BCUT2D eigenvalue weighted by Crippen LogP contribution is 2.37. The van der Waals surface area contributed by atoms with Gasteiger partial charge in [-0.25, -0.2) is 9.59 Å². The molecule has 1 unspecified atom stereocenters. The number of rotatable bonds is 7. The molecule has 3 aromatic rings. The Labute approximate surface area is 279 Å². The molecule has 0 spiro atoms. The van der Waals surface area contributed by atoms with E-state index in [0.29, 0.717) is 19.6 Å². The van der Waals surface area contributed by atoms with E-state index in [1.807, 2.05) is 68.3 Å². The van der Waals surface area contributed by atoms with Gasteiger partial charge in [-0.3, -0.25) is 14.8 Å². The lowest BCUT2D eigenvalue weighted by Gasteiger charge is -2.44. The van der Waals surface area contributed by atoms with Gasteiger partial charge in [-0.1, -0.05) is 55.5 Å². The van der Waals surface area contributed by atoms with Gasteiger partial charge in [0.2, 0.25) is 0 Å². The minimum Gasteiger partial charge on any atom is -0.445 e. The van der Waals surface area contributed by atoms with Crippen LogP contribution in [0.3, 0.4) is 0 Å². The summed E-state index contributed by atoms with van der Waals surface area (Å²) in [5, 5.41) is 0. The highest BCUT2D eigenvalue weighted by Gasteiger charge is 2.37. The lowest BCUT2D eigenvalue weighted by atomic mass is 9.88. The largest absolute Gasteiger partial charge is 0.445 e. The predicted molar refractivity (Wildman–Crippen MR) is 183 cm³/mol. The van der Waals surface area contributed by atoms with Crippen molar-refractivity contribution in [2.24, 2.45) is 0 Å². The van der Waals surface area contributed by atoms with E-state index in [1.165, 1.54) is 22.5 Å². The highest BCUT2D eigenvalue weighted by molar-refractivity contribution is 5.71. The van der Waals surface area contributed by atoms with E-state index in [2.05, 4.69) is 41.0 Å². The molecule has 47 heavy (non-hydrogen) atoms. The minimum absolute atomic E-state index is 0.0539. The molecule has 3 heterocycles. The zero-order valence-electron chi connectivity index (χ0n) is 28.4. The number of anilines is 1. The standard InChI is InChI=1S/C38H49N5O4/c1-5-40(34-18-9-14-29-16-11-19-39-35(29)34)26-31-24-32-30(25-43(31)37(45)47-38(2,3)4)15-10-17-33(32)41-20-22-42(23-21-41)36(44)46-27-28-12-7-6-8-13-28/h6-8,10-13,15-17,19,31,34H,5,9,14,18,20-27H2,1-4H3/t31-,34?/m1/s1. The summed E-state index contributed by atoms with van der Waals surface area (Å²) in [7, 11) is 0. The van der Waals surface area contributed by atoms with Crippen LogP contribution in [0.5, 0.6) is 0 Å². The number of hydrogen-bond donors (Lipinski definition) is 0. The van der Waals surface area contributed by atoms with Crippen molar-refractivity contribution in [2.45, 2.75) is 84.2 Å². The number of hydrogen-bond acceptors (Lipinski definition) is 7. The van der Waals surface area contributed by atoms with E-state index in [4.69, 9.17) is 14.5 Å². The Bertz CT molecular complexity index is 1530. The molecule has 1 fully saturated rings. The van der Waals surface area contributed by atoms with Crippen LogP contribution in [0, 0.1) is 0 Å². The Morgan fingerprint density at radius 2 is 1.70 bits per heavy atom. The second kappa shape index (κ2) is 14.3. The average Bonchev–Trinajstić information content (AvgIpc) is 3.08. The average molecular weight is 640 g/mol. The Balaban J connectivity index is 1.19. The lowest BCUT2D eigenvalue weighted by molar-refractivity contribution is 0.00504. The lowest BCUT2D eigenvalue weighted by Crippen LogP contribution is -2.53. The highest BCUT2D eigenvalue weighted by atomic mass is 16.6. The maximum atomic E-state index is 13.7. The molecular formula is C38H49N5O4. The number of ether oxygens (including phenoxy) is 2. The first-order chi connectivity index (χ1) is 22.7. The first kappa shape index (κ1) is 32.8.